The number of rotatable bonds is 2. The summed E-state index contributed by atoms with van der Waals surface area (Å²) in [4.78, 5) is 13.5. The molecule has 1 aromatic heterocycles. The van der Waals surface area contributed by atoms with E-state index in [-0.39, 0.29) is 17.8 Å². The second kappa shape index (κ2) is 3.93. The van der Waals surface area contributed by atoms with E-state index in [4.69, 9.17) is 5.73 Å². The maximum atomic E-state index is 11.9. The van der Waals surface area contributed by atoms with Crippen LogP contribution in [-0.2, 0) is 6.54 Å². The highest BCUT2D eigenvalue weighted by atomic mass is 19.4. The molecule has 0 fully saturated rings. The molecule has 4 nitrogen and oxygen atoms in total. The highest BCUT2D eigenvalue weighted by Crippen LogP contribution is 2.22. The minimum absolute atomic E-state index is 0.224. The molecular weight excluding hydrogens is 213 g/mol. The quantitative estimate of drug-likeness (QED) is 0.785. The van der Waals surface area contributed by atoms with Gasteiger partial charge in [-0.3, -0.25) is 4.79 Å². The summed E-state index contributed by atoms with van der Waals surface area (Å²) in [6, 6.07) is 1.16. The maximum Gasteiger partial charge on any atom is 0.574 e. The maximum absolute atomic E-state index is 11.9. The van der Waals surface area contributed by atoms with Crippen LogP contribution >= 0.6 is 0 Å². The second-order valence-electron chi connectivity index (χ2n) is 2.88. The van der Waals surface area contributed by atoms with Crippen molar-refractivity contribution in [2.75, 3.05) is 0 Å². The summed E-state index contributed by atoms with van der Waals surface area (Å²) in [5, 5.41) is 0. The average molecular weight is 222 g/mol. The number of hydrogen-bond donors (Lipinski definition) is 2. The van der Waals surface area contributed by atoms with Gasteiger partial charge in [0, 0.05) is 18.3 Å². The fraction of sp³-hybridized carbons (Fsp3) is 0.375. The van der Waals surface area contributed by atoms with Gasteiger partial charge in [0.15, 0.2) is 5.43 Å². The molecule has 0 spiro atoms. The number of aromatic nitrogens is 1. The Hall–Kier alpha value is -1.50. The Morgan fingerprint density at radius 1 is 1.53 bits per heavy atom. The van der Waals surface area contributed by atoms with Gasteiger partial charge in [-0.05, 0) is 6.92 Å². The van der Waals surface area contributed by atoms with Gasteiger partial charge in [0.2, 0.25) is 5.88 Å². The molecule has 1 rings (SSSR count). The molecule has 0 saturated heterocycles. The zero-order valence-electron chi connectivity index (χ0n) is 7.81. The third kappa shape index (κ3) is 2.98. The molecule has 0 aliphatic heterocycles. The van der Waals surface area contributed by atoms with Gasteiger partial charge in [-0.1, -0.05) is 0 Å². The Labute approximate surface area is 82.9 Å². The normalized spacial score (nSPS) is 11.5. The summed E-state index contributed by atoms with van der Waals surface area (Å²) < 4.78 is 39.5. The van der Waals surface area contributed by atoms with Crippen molar-refractivity contribution in [1.82, 2.24) is 4.98 Å². The van der Waals surface area contributed by atoms with E-state index in [2.05, 4.69) is 9.72 Å². The Balaban J connectivity index is 3.21. The van der Waals surface area contributed by atoms with Gasteiger partial charge in [0.05, 0.1) is 5.56 Å². The molecule has 0 aromatic carbocycles. The van der Waals surface area contributed by atoms with Crippen molar-refractivity contribution in [2.45, 2.75) is 19.8 Å². The SMILES string of the molecule is Cc1cc(=O)c(CN)c(OC(F)(F)F)[nH]1. The first kappa shape index (κ1) is 11.6. The first-order valence-corrected chi connectivity index (χ1v) is 4.02. The number of pyridine rings is 1. The molecule has 0 saturated carbocycles. The van der Waals surface area contributed by atoms with Crippen LogP contribution < -0.4 is 15.9 Å². The van der Waals surface area contributed by atoms with Crippen molar-refractivity contribution in [3.63, 3.8) is 0 Å². The predicted molar refractivity (Wildman–Crippen MR) is 46.4 cm³/mol. The van der Waals surface area contributed by atoms with E-state index in [0.717, 1.165) is 6.07 Å². The average Bonchev–Trinajstić information content (AvgIpc) is 1.99. The summed E-state index contributed by atoms with van der Waals surface area (Å²) >= 11 is 0. The van der Waals surface area contributed by atoms with Crippen LogP contribution in [0, 0.1) is 6.92 Å². The van der Waals surface area contributed by atoms with Crippen molar-refractivity contribution in [2.24, 2.45) is 5.73 Å². The standard InChI is InChI=1S/C8H9F3N2O2/c1-4-2-6(14)5(3-12)7(13-4)15-8(9,10)11/h2H,3,12H2,1H3,(H,13,14). The van der Waals surface area contributed by atoms with Crippen LogP contribution in [0.25, 0.3) is 0 Å². The van der Waals surface area contributed by atoms with Crippen LogP contribution in [0.15, 0.2) is 10.9 Å². The number of aromatic amines is 1. The van der Waals surface area contributed by atoms with E-state index in [1.54, 1.807) is 0 Å². The molecular formula is C8H9F3N2O2. The van der Waals surface area contributed by atoms with E-state index in [1.807, 2.05) is 0 Å². The van der Waals surface area contributed by atoms with Crippen LogP contribution in [0.3, 0.4) is 0 Å². The van der Waals surface area contributed by atoms with Gasteiger partial charge in [-0.25, -0.2) is 0 Å². The van der Waals surface area contributed by atoms with E-state index >= 15 is 0 Å². The zero-order valence-corrected chi connectivity index (χ0v) is 7.81. The largest absolute Gasteiger partial charge is 0.574 e. The van der Waals surface area contributed by atoms with Crippen LogP contribution in [0.5, 0.6) is 5.88 Å². The Morgan fingerprint density at radius 2 is 2.13 bits per heavy atom. The van der Waals surface area contributed by atoms with Gasteiger partial charge in [0.1, 0.15) is 0 Å². The number of hydrogen-bond acceptors (Lipinski definition) is 3. The lowest BCUT2D eigenvalue weighted by Gasteiger charge is -2.12. The van der Waals surface area contributed by atoms with E-state index in [0.29, 0.717) is 0 Å². The fourth-order valence-electron chi connectivity index (χ4n) is 1.08. The molecule has 0 aliphatic carbocycles. The number of alkyl halides is 3. The topological polar surface area (TPSA) is 68.1 Å². The van der Waals surface area contributed by atoms with Crippen LogP contribution in [0.4, 0.5) is 13.2 Å². The van der Waals surface area contributed by atoms with Crippen LogP contribution in [0.2, 0.25) is 0 Å². The van der Waals surface area contributed by atoms with Crippen molar-refractivity contribution in [1.29, 1.82) is 0 Å². The molecule has 0 bridgehead atoms. The lowest BCUT2D eigenvalue weighted by molar-refractivity contribution is -0.276. The minimum Gasteiger partial charge on any atom is -0.389 e. The number of halogens is 3. The lowest BCUT2D eigenvalue weighted by Crippen LogP contribution is -2.23. The third-order valence-corrected chi connectivity index (χ3v) is 1.65. The molecule has 84 valence electrons. The molecule has 3 N–H and O–H groups in total. The van der Waals surface area contributed by atoms with Crippen molar-refractivity contribution >= 4 is 0 Å². The Bertz CT molecular complexity index is 411. The summed E-state index contributed by atoms with van der Waals surface area (Å²) in [5.41, 5.74) is 4.63. The molecule has 15 heavy (non-hydrogen) atoms. The Morgan fingerprint density at radius 3 is 2.60 bits per heavy atom. The first-order valence-electron chi connectivity index (χ1n) is 4.02. The predicted octanol–water partition coefficient (Wildman–Crippen LogP) is 1.04. The molecule has 1 heterocycles. The molecule has 1 aromatic rings. The van der Waals surface area contributed by atoms with Crippen molar-refractivity contribution < 1.29 is 17.9 Å². The fourth-order valence-corrected chi connectivity index (χ4v) is 1.08. The van der Waals surface area contributed by atoms with Crippen LogP contribution in [0.1, 0.15) is 11.3 Å². The summed E-state index contributed by atoms with van der Waals surface area (Å²) in [5.74, 6) is -0.644. The molecule has 0 aliphatic rings. The number of nitrogens with one attached hydrogen (secondary N) is 1. The highest BCUT2D eigenvalue weighted by Gasteiger charge is 2.32. The molecule has 0 unspecified atom stereocenters. The van der Waals surface area contributed by atoms with E-state index in [1.165, 1.54) is 6.92 Å². The molecule has 7 heteroatoms. The number of ether oxygens (including phenoxy) is 1. The van der Waals surface area contributed by atoms with E-state index in [9.17, 15) is 18.0 Å². The van der Waals surface area contributed by atoms with Gasteiger partial charge < -0.3 is 15.5 Å². The molecule has 0 atom stereocenters. The zero-order chi connectivity index (χ0) is 11.6. The lowest BCUT2D eigenvalue weighted by atomic mass is 10.2. The number of aryl methyl sites for hydroxylation is 1. The monoisotopic (exact) mass is 222 g/mol. The minimum atomic E-state index is -4.85. The van der Waals surface area contributed by atoms with Gasteiger partial charge in [-0.2, -0.15) is 0 Å². The Kier molecular flexibility index (Phi) is 3.04. The number of nitrogens with two attached hydrogens (primary N) is 1. The summed E-state index contributed by atoms with van der Waals surface area (Å²) in [6.07, 6.45) is -4.85. The first-order chi connectivity index (χ1) is 6.83. The second-order valence-corrected chi connectivity index (χ2v) is 2.88. The smallest absolute Gasteiger partial charge is 0.389 e. The highest BCUT2D eigenvalue weighted by molar-refractivity contribution is 5.28. The third-order valence-electron chi connectivity index (χ3n) is 1.65. The van der Waals surface area contributed by atoms with Gasteiger partial charge >= 0.3 is 6.36 Å². The van der Waals surface area contributed by atoms with Crippen LogP contribution in [-0.4, -0.2) is 11.3 Å². The van der Waals surface area contributed by atoms with Crippen molar-refractivity contribution in [3.8, 4) is 5.88 Å². The number of H-pyrrole nitrogens is 1. The summed E-state index contributed by atoms with van der Waals surface area (Å²) in [6.45, 7) is 1.13. The van der Waals surface area contributed by atoms with Gasteiger partial charge in [0.25, 0.3) is 0 Å². The molecule has 0 radical (unpaired) electrons. The van der Waals surface area contributed by atoms with Crippen molar-refractivity contribution in [3.05, 3.63) is 27.5 Å². The van der Waals surface area contributed by atoms with E-state index < -0.39 is 17.7 Å². The van der Waals surface area contributed by atoms with Gasteiger partial charge in [-0.15, -0.1) is 13.2 Å². The molecule has 0 amide bonds. The summed E-state index contributed by atoms with van der Waals surface area (Å²) in [7, 11) is 0.